The number of hydrogen-bond acceptors (Lipinski definition) is 8. The van der Waals surface area contributed by atoms with E-state index in [1.807, 2.05) is 0 Å². The van der Waals surface area contributed by atoms with Crippen LogP contribution in [0, 0.1) is 56.2 Å². The van der Waals surface area contributed by atoms with Gasteiger partial charge >= 0.3 is 11.9 Å². The molecule has 52 heavy (non-hydrogen) atoms. The van der Waals surface area contributed by atoms with Crippen molar-refractivity contribution in [2.24, 2.45) is 56.2 Å². The number of ether oxygens (including phenoxy) is 1. The van der Waals surface area contributed by atoms with Gasteiger partial charge in [0.05, 0.1) is 17.9 Å². The molecule has 0 amide bonds. The zero-order valence-corrected chi connectivity index (χ0v) is 33.5. The SMILES string of the molecule is CC(C)C1=C2[C@H]3CC[C@@H]4[C@@]5(C)CC[C@H](OC(=O)CC(C)(C)C(=O)O)C(C)(C)[C@@H]5CC[C@@]4(C)[C@]3(C)CC[C@@]2([C@@H](O)CN[C@H](C)c2cncnc2)CC1=O. The van der Waals surface area contributed by atoms with Crippen LogP contribution >= 0.6 is 0 Å². The maximum absolute atomic E-state index is 14.0. The number of carbonyl (C=O) groups excluding carboxylic acids is 2. The number of aliphatic carboxylic acids is 1. The van der Waals surface area contributed by atoms with Gasteiger partial charge in [0.2, 0.25) is 0 Å². The number of rotatable bonds is 10. The molecule has 1 aromatic heterocycles. The Morgan fingerprint density at radius 3 is 2.25 bits per heavy atom. The number of esters is 1. The Hall–Kier alpha value is -2.65. The summed E-state index contributed by atoms with van der Waals surface area (Å²) in [4.78, 5) is 47.2. The van der Waals surface area contributed by atoms with E-state index in [9.17, 15) is 24.6 Å². The summed E-state index contributed by atoms with van der Waals surface area (Å²) in [6.45, 7) is 22.1. The molecule has 5 aliphatic carbocycles. The van der Waals surface area contributed by atoms with Crippen LogP contribution in [0.3, 0.4) is 0 Å². The van der Waals surface area contributed by atoms with E-state index in [1.54, 1.807) is 26.2 Å². The summed E-state index contributed by atoms with van der Waals surface area (Å²) in [6.07, 6.45) is 12.2. The number of carbonyl (C=O) groups is 3. The number of aliphatic hydroxyl groups is 1. The number of aliphatic hydroxyl groups excluding tert-OH is 1. The minimum Gasteiger partial charge on any atom is -0.481 e. The van der Waals surface area contributed by atoms with Gasteiger partial charge in [0.25, 0.3) is 0 Å². The molecule has 9 heteroatoms. The van der Waals surface area contributed by atoms with Crippen LogP contribution in [0.25, 0.3) is 0 Å². The van der Waals surface area contributed by atoms with E-state index in [-0.39, 0.29) is 57.8 Å². The molecular weight excluding hydrogens is 654 g/mol. The average Bonchev–Trinajstić information content (AvgIpc) is 3.38. The van der Waals surface area contributed by atoms with Gasteiger partial charge in [0.1, 0.15) is 12.4 Å². The fourth-order valence-electron chi connectivity index (χ4n) is 13.0. The van der Waals surface area contributed by atoms with E-state index in [4.69, 9.17) is 4.74 Å². The van der Waals surface area contributed by atoms with E-state index in [1.165, 1.54) is 11.9 Å². The van der Waals surface area contributed by atoms with Crippen LogP contribution in [0.1, 0.15) is 145 Å². The van der Waals surface area contributed by atoms with Gasteiger partial charge in [-0.05, 0) is 118 Å². The third-order valence-corrected chi connectivity index (χ3v) is 16.2. The Bertz CT molecular complexity index is 1600. The smallest absolute Gasteiger partial charge is 0.309 e. The first-order valence-electron chi connectivity index (χ1n) is 20.0. The topological polar surface area (TPSA) is 139 Å². The second-order valence-corrected chi connectivity index (χ2v) is 19.9. The molecule has 0 spiro atoms. The van der Waals surface area contributed by atoms with E-state index in [2.05, 4.69) is 70.7 Å². The molecule has 6 rings (SSSR count). The molecule has 288 valence electrons. The molecule has 3 N–H and O–H groups in total. The molecule has 4 fully saturated rings. The lowest BCUT2D eigenvalue weighted by molar-refractivity contribution is -0.235. The van der Waals surface area contributed by atoms with Crippen molar-refractivity contribution in [2.45, 2.75) is 152 Å². The third kappa shape index (κ3) is 5.90. The predicted octanol–water partition coefficient (Wildman–Crippen LogP) is 7.88. The molecule has 0 saturated heterocycles. The number of nitrogens with zero attached hydrogens (tertiary/aromatic N) is 2. The number of fused-ring (bicyclic) bond motifs is 7. The minimum atomic E-state index is -1.17. The molecule has 1 heterocycles. The van der Waals surface area contributed by atoms with Crippen molar-refractivity contribution in [1.29, 1.82) is 0 Å². The largest absolute Gasteiger partial charge is 0.481 e. The van der Waals surface area contributed by atoms with E-state index in [0.29, 0.717) is 24.8 Å². The van der Waals surface area contributed by atoms with Crippen molar-refractivity contribution in [2.75, 3.05) is 6.54 Å². The summed E-state index contributed by atoms with van der Waals surface area (Å²) in [5.41, 5.74) is 1.35. The first kappa shape index (κ1) is 39.1. The summed E-state index contributed by atoms with van der Waals surface area (Å²) in [5.74, 6) is -0.00154. The highest BCUT2D eigenvalue weighted by molar-refractivity contribution is 6.00. The molecule has 9 nitrogen and oxygen atoms in total. The Kier molecular flexibility index (Phi) is 9.97. The lowest BCUT2D eigenvalue weighted by Gasteiger charge is -2.72. The van der Waals surface area contributed by atoms with Crippen LogP contribution in [0.5, 0.6) is 0 Å². The lowest BCUT2D eigenvalue weighted by atomic mass is 9.33. The number of hydrogen-bond donors (Lipinski definition) is 3. The first-order valence-corrected chi connectivity index (χ1v) is 20.0. The summed E-state index contributed by atoms with van der Waals surface area (Å²) < 4.78 is 6.16. The van der Waals surface area contributed by atoms with E-state index < -0.39 is 28.9 Å². The quantitative estimate of drug-likeness (QED) is 0.206. The number of ketones is 1. The highest BCUT2D eigenvalue weighted by Gasteiger charge is 2.70. The van der Waals surface area contributed by atoms with Crippen molar-refractivity contribution in [3.63, 3.8) is 0 Å². The summed E-state index contributed by atoms with van der Waals surface area (Å²) in [7, 11) is 0. The van der Waals surface area contributed by atoms with Gasteiger partial charge in [0.15, 0.2) is 5.78 Å². The van der Waals surface area contributed by atoms with Crippen LogP contribution in [-0.4, -0.2) is 56.7 Å². The van der Waals surface area contributed by atoms with Gasteiger partial charge in [0, 0.05) is 47.8 Å². The van der Waals surface area contributed by atoms with Crippen molar-refractivity contribution < 1.29 is 29.3 Å². The number of Topliss-reactive ketones (excluding diaryl/α,β-unsaturated/α-hetero) is 1. The first-order chi connectivity index (χ1) is 24.2. The van der Waals surface area contributed by atoms with Gasteiger partial charge in [-0.1, -0.05) is 54.0 Å². The molecule has 0 aromatic carbocycles. The normalized spacial score (nSPS) is 38.1. The van der Waals surface area contributed by atoms with Crippen molar-refractivity contribution in [1.82, 2.24) is 15.3 Å². The fraction of sp³-hybridized carbons (Fsp3) is 0.791. The number of carboxylic acid groups (broad SMARTS) is 1. The lowest BCUT2D eigenvalue weighted by Crippen LogP contribution is -2.66. The Labute approximate surface area is 311 Å². The maximum atomic E-state index is 14.0. The van der Waals surface area contributed by atoms with Gasteiger partial charge in [-0.25, -0.2) is 9.97 Å². The second kappa shape index (κ2) is 13.3. The molecule has 0 radical (unpaired) electrons. The Morgan fingerprint density at radius 2 is 1.62 bits per heavy atom. The maximum Gasteiger partial charge on any atom is 0.309 e. The van der Waals surface area contributed by atoms with Gasteiger partial charge < -0.3 is 20.3 Å². The third-order valence-electron chi connectivity index (χ3n) is 16.2. The fourth-order valence-corrected chi connectivity index (χ4v) is 13.0. The average molecular weight is 720 g/mol. The van der Waals surface area contributed by atoms with Crippen LogP contribution in [0.15, 0.2) is 29.9 Å². The Morgan fingerprint density at radius 1 is 0.942 bits per heavy atom. The molecule has 1 aromatic rings. The van der Waals surface area contributed by atoms with Gasteiger partial charge in [-0.3, -0.25) is 14.4 Å². The van der Waals surface area contributed by atoms with Crippen molar-refractivity contribution in [3.8, 4) is 0 Å². The molecule has 0 unspecified atom stereocenters. The minimum absolute atomic E-state index is 0.0226. The monoisotopic (exact) mass is 719 g/mol. The number of nitrogens with one attached hydrogen (secondary N) is 1. The predicted molar refractivity (Wildman–Crippen MR) is 200 cm³/mol. The van der Waals surface area contributed by atoms with E-state index >= 15 is 0 Å². The van der Waals surface area contributed by atoms with Crippen LogP contribution < -0.4 is 5.32 Å². The van der Waals surface area contributed by atoms with Crippen LogP contribution in [0.4, 0.5) is 0 Å². The van der Waals surface area contributed by atoms with Crippen molar-refractivity contribution >= 4 is 17.7 Å². The summed E-state index contributed by atoms with van der Waals surface area (Å²) >= 11 is 0. The molecule has 0 aliphatic heterocycles. The van der Waals surface area contributed by atoms with Crippen molar-refractivity contribution in [3.05, 3.63) is 35.4 Å². The standard InChI is InChI=1S/C43H65N3O6/c1-25(2)35-29(47)19-43(32(48)23-46-26(3)27-21-44-24-45-22-27)18-17-41(9)28(36(35)43)11-12-31-40(8)15-14-33(52-34(49)20-38(4,5)37(50)51)39(6,7)30(40)13-16-42(31,41)10/h21-22,24-26,28,30-33,46,48H,11-20,23H2,1-10H3,(H,50,51)/t26-,28-,30+,31-,32+,33+,40+,41-,42-,43+/m1/s1. The summed E-state index contributed by atoms with van der Waals surface area (Å²) in [5, 5.41) is 25.4. The van der Waals surface area contributed by atoms with Gasteiger partial charge in [-0.15, -0.1) is 0 Å². The van der Waals surface area contributed by atoms with Gasteiger partial charge in [-0.2, -0.15) is 0 Å². The zero-order valence-electron chi connectivity index (χ0n) is 33.5. The number of aromatic nitrogens is 2. The van der Waals surface area contributed by atoms with Crippen LogP contribution in [0.2, 0.25) is 0 Å². The summed E-state index contributed by atoms with van der Waals surface area (Å²) in [6, 6.07) is -0.0278. The molecule has 10 atom stereocenters. The molecule has 5 aliphatic rings. The number of allylic oxidation sites excluding steroid dienone is 1. The molecular formula is C43H65N3O6. The van der Waals surface area contributed by atoms with E-state index in [0.717, 1.165) is 62.5 Å². The number of carboxylic acids is 1. The highest BCUT2D eigenvalue weighted by atomic mass is 16.5. The molecule has 0 bridgehead atoms. The molecule has 4 saturated carbocycles. The highest BCUT2D eigenvalue weighted by Crippen LogP contribution is 2.77. The second-order valence-electron chi connectivity index (χ2n) is 19.9. The zero-order chi connectivity index (χ0) is 38.2. The Balaban J connectivity index is 1.27. The van der Waals surface area contributed by atoms with Crippen LogP contribution in [-0.2, 0) is 19.1 Å².